The maximum absolute atomic E-state index is 12.7. The monoisotopic (exact) mass is 393 g/mol. The number of esters is 1. The molecule has 1 aromatic carbocycles. The normalized spacial score (nSPS) is 32.9. The van der Waals surface area contributed by atoms with Gasteiger partial charge < -0.3 is 4.74 Å². The van der Waals surface area contributed by atoms with Crippen LogP contribution in [0.1, 0.15) is 31.2 Å². The molecule has 5 fully saturated rings. The molecule has 4 heteroatoms. The lowest BCUT2D eigenvalue weighted by Crippen LogP contribution is -2.58. The van der Waals surface area contributed by atoms with Gasteiger partial charge in [-0.05, 0) is 71.0 Å². The molecule has 1 aromatic heterocycles. The van der Waals surface area contributed by atoms with Gasteiger partial charge in [-0.15, -0.1) is 0 Å². The molecule has 146 valence electrons. The quantitative estimate of drug-likeness (QED) is 0.680. The molecule has 28 heavy (non-hydrogen) atoms. The smallest absolute Gasteiger partial charge is 0.310 e. The molecule has 0 radical (unpaired) electrons. The number of piperidine rings is 2. The summed E-state index contributed by atoms with van der Waals surface area (Å²) in [6.07, 6.45) is 7.10. The number of ether oxygens (including phenoxy) is 1. The Labute approximate surface area is 171 Å². The van der Waals surface area contributed by atoms with E-state index in [0.717, 1.165) is 31.8 Å². The van der Waals surface area contributed by atoms with Crippen LogP contribution in [0.15, 0.2) is 46.7 Å². The number of hydrogen-bond donors (Lipinski definition) is 0. The summed E-state index contributed by atoms with van der Waals surface area (Å²) in [5.41, 5.74) is 5.18. The van der Waals surface area contributed by atoms with Crippen LogP contribution in [0.2, 0.25) is 0 Å². The van der Waals surface area contributed by atoms with Crippen molar-refractivity contribution in [3.05, 3.63) is 52.2 Å². The lowest BCUT2D eigenvalue weighted by molar-refractivity contribution is -0.154. The molecule has 3 nitrogen and oxygen atoms in total. The average Bonchev–Trinajstić information content (AvgIpc) is 3.24. The SMILES string of the molecule is COC(=O)C1C2CCC3CCC1N(C/C2=C\c1ccc(-c2ccsc2)cc1)C3. The van der Waals surface area contributed by atoms with E-state index in [0.29, 0.717) is 12.0 Å². The highest BCUT2D eigenvalue weighted by atomic mass is 32.1. The minimum atomic E-state index is -0.0150. The number of carbonyl (C=O) groups excluding carboxylic acids is 1. The Hall–Kier alpha value is -1.91. The summed E-state index contributed by atoms with van der Waals surface area (Å²) < 4.78 is 5.25. The molecular formula is C24H27NO2S. The number of thiophene rings is 1. The van der Waals surface area contributed by atoms with E-state index in [2.05, 4.69) is 52.1 Å². The topological polar surface area (TPSA) is 29.5 Å². The van der Waals surface area contributed by atoms with Gasteiger partial charge in [0.05, 0.1) is 13.0 Å². The molecule has 5 aliphatic rings. The van der Waals surface area contributed by atoms with Gasteiger partial charge in [0.25, 0.3) is 0 Å². The zero-order valence-corrected chi connectivity index (χ0v) is 17.2. The molecule has 5 atom stereocenters. The number of hydrogen-bond acceptors (Lipinski definition) is 4. The van der Waals surface area contributed by atoms with Gasteiger partial charge in [0.2, 0.25) is 0 Å². The molecule has 1 aliphatic carbocycles. The second kappa shape index (κ2) is 7.49. The van der Waals surface area contributed by atoms with E-state index < -0.39 is 0 Å². The van der Waals surface area contributed by atoms with Gasteiger partial charge in [-0.3, -0.25) is 9.69 Å². The van der Waals surface area contributed by atoms with Crippen molar-refractivity contribution in [2.75, 3.05) is 20.2 Å². The first-order valence-electron chi connectivity index (χ1n) is 10.4. The molecule has 0 N–H and O–H groups in total. The van der Waals surface area contributed by atoms with E-state index in [4.69, 9.17) is 4.74 Å². The third-order valence-electron chi connectivity index (χ3n) is 7.02. The van der Waals surface area contributed by atoms with Crippen LogP contribution in [-0.2, 0) is 9.53 Å². The largest absolute Gasteiger partial charge is 0.469 e. The predicted molar refractivity (Wildman–Crippen MR) is 114 cm³/mol. The zero-order chi connectivity index (χ0) is 19.1. The van der Waals surface area contributed by atoms with Crippen LogP contribution in [0.5, 0.6) is 0 Å². The van der Waals surface area contributed by atoms with E-state index >= 15 is 0 Å². The van der Waals surface area contributed by atoms with Gasteiger partial charge in [-0.25, -0.2) is 0 Å². The Kier molecular flexibility index (Phi) is 4.85. The summed E-state index contributed by atoms with van der Waals surface area (Å²) in [4.78, 5) is 15.3. The van der Waals surface area contributed by atoms with Gasteiger partial charge in [0.1, 0.15) is 0 Å². The second-order valence-electron chi connectivity index (χ2n) is 8.53. The fourth-order valence-corrected chi connectivity index (χ4v) is 6.29. The number of carbonyl (C=O) groups is 1. The minimum Gasteiger partial charge on any atom is -0.469 e. The Morgan fingerprint density at radius 1 is 1.11 bits per heavy atom. The van der Waals surface area contributed by atoms with Crippen LogP contribution < -0.4 is 0 Å². The fraction of sp³-hybridized carbons (Fsp3) is 0.458. The van der Waals surface area contributed by atoms with E-state index in [9.17, 15) is 4.79 Å². The van der Waals surface area contributed by atoms with E-state index in [1.807, 2.05) is 0 Å². The van der Waals surface area contributed by atoms with Crippen LogP contribution in [0.25, 0.3) is 17.2 Å². The summed E-state index contributed by atoms with van der Waals surface area (Å²) >= 11 is 1.73. The highest BCUT2D eigenvalue weighted by molar-refractivity contribution is 7.08. The van der Waals surface area contributed by atoms with Crippen molar-refractivity contribution in [3.8, 4) is 11.1 Å². The summed E-state index contributed by atoms with van der Waals surface area (Å²) in [6, 6.07) is 11.4. The highest BCUT2D eigenvalue weighted by Crippen LogP contribution is 2.46. The van der Waals surface area contributed by atoms with Gasteiger partial charge in [-0.2, -0.15) is 11.3 Å². The maximum Gasteiger partial charge on any atom is 0.310 e. The Morgan fingerprint density at radius 2 is 1.93 bits per heavy atom. The van der Waals surface area contributed by atoms with Gasteiger partial charge >= 0.3 is 5.97 Å². The lowest BCUT2D eigenvalue weighted by atomic mass is 9.66. The fourth-order valence-electron chi connectivity index (χ4n) is 5.63. The summed E-state index contributed by atoms with van der Waals surface area (Å²) in [5, 5.41) is 4.30. The van der Waals surface area contributed by atoms with Crippen molar-refractivity contribution in [2.45, 2.75) is 31.7 Å². The number of benzene rings is 1. The van der Waals surface area contributed by atoms with E-state index in [1.54, 1.807) is 18.4 Å². The van der Waals surface area contributed by atoms with Gasteiger partial charge in [-0.1, -0.05) is 35.9 Å². The highest BCUT2D eigenvalue weighted by Gasteiger charge is 2.49. The van der Waals surface area contributed by atoms with E-state index in [1.165, 1.54) is 35.1 Å². The molecule has 0 spiro atoms. The first kappa shape index (κ1) is 18.1. The maximum atomic E-state index is 12.7. The molecule has 4 saturated heterocycles. The lowest BCUT2D eigenvalue weighted by Gasteiger charge is -2.52. The van der Waals surface area contributed by atoms with Crippen molar-refractivity contribution >= 4 is 23.4 Å². The molecular weight excluding hydrogens is 366 g/mol. The molecule has 5 unspecified atom stereocenters. The number of fused-ring (bicyclic) bond motifs is 2. The zero-order valence-electron chi connectivity index (χ0n) is 16.3. The van der Waals surface area contributed by atoms with Crippen LogP contribution in [0.4, 0.5) is 0 Å². The van der Waals surface area contributed by atoms with Gasteiger partial charge in [0, 0.05) is 19.1 Å². The first-order chi connectivity index (χ1) is 13.7. The van der Waals surface area contributed by atoms with Crippen LogP contribution in [-0.4, -0.2) is 37.1 Å². The molecule has 4 aliphatic heterocycles. The van der Waals surface area contributed by atoms with Crippen molar-refractivity contribution in [1.29, 1.82) is 0 Å². The Balaban J connectivity index is 1.46. The molecule has 7 rings (SSSR count). The Morgan fingerprint density at radius 3 is 2.68 bits per heavy atom. The molecule has 1 saturated carbocycles. The first-order valence-corrected chi connectivity index (χ1v) is 11.3. The van der Waals surface area contributed by atoms with Crippen molar-refractivity contribution in [3.63, 3.8) is 0 Å². The molecule has 2 aromatic rings. The Bertz CT molecular complexity index is 871. The van der Waals surface area contributed by atoms with Crippen molar-refractivity contribution < 1.29 is 9.53 Å². The molecule has 4 bridgehead atoms. The predicted octanol–water partition coefficient (Wildman–Crippen LogP) is 5.09. The van der Waals surface area contributed by atoms with E-state index in [-0.39, 0.29) is 11.9 Å². The second-order valence-corrected chi connectivity index (χ2v) is 9.31. The third kappa shape index (κ3) is 3.23. The molecule has 5 heterocycles. The standard InChI is InChI=1S/C24H27NO2S/c1-27-24(26)23-21-8-4-17-5-9-22(23)25(13-17)14-20(21)12-16-2-6-18(7-3-16)19-10-11-28-15-19/h2-3,6-7,10-12,15,17,21-23H,4-5,8-9,13-14H2,1H3/b20-12+. The van der Waals surface area contributed by atoms with Crippen LogP contribution in [0.3, 0.4) is 0 Å². The van der Waals surface area contributed by atoms with Crippen LogP contribution >= 0.6 is 11.3 Å². The van der Waals surface area contributed by atoms with Crippen molar-refractivity contribution in [2.24, 2.45) is 17.8 Å². The van der Waals surface area contributed by atoms with Crippen LogP contribution in [0, 0.1) is 17.8 Å². The number of nitrogens with zero attached hydrogens (tertiary/aromatic N) is 1. The summed E-state index contributed by atoms with van der Waals surface area (Å²) in [7, 11) is 1.54. The minimum absolute atomic E-state index is 0.00340. The summed E-state index contributed by atoms with van der Waals surface area (Å²) in [5.74, 6) is 1.12. The van der Waals surface area contributed by atoms with Gasteiger partial charge in [0.15, 0.2) is 0 Å². The average molecular weight is 394 g/mol. The summed E-state index contributed by atoms with van der Waals surface area (Å²) in [6.45, 7) is 2.14. The number of rotatable bonds is 3. The third-order valence-corrected chi connectivity index (χ3v) is 7.70. The number of methoxy groups -OCH3 is 1. The van der Waals surface area contributed by atoms with Crippen molar-refractivity contribution in [1.82, 2.24) is 4.90 Å². The molecule has 0 amide bonds.